The first-order valence-corrected chi connectivity index (χ1v) is 7.23. The van der Waals surface area contributed by atoms with Gasteiger partial charge in [0.05, 0.1) is 15.1 Å². The van der Waals surface area contributed by atoms with Gasteiger partial charge < -0.3 is 5.32 Å². The zero-order chi connectivity index (χ0) is 14.7. The zero-order valence-electron chi connectivity index (χ0n) is 10.8. The van der Waals surface area contributed by atoms with E-state index in [1.165, 1.54) is 6.07 Å². The molecule has 1 unspecified atom stereocenters. The zero-order valence-corrected chi connectivity index (χ0v) is 13.0. The van der Waals surface area contributed by atoms with Crippen LogP contribution in [0.15, 0.2) is 36.4 Å². The molecule has 0 saturated carbocycles. The molecule has 0 aromatic heterocycles. The van der Waals surface area contributed by atoms with E-state index in [1.807, 2.05) is 19.1 Å². The van der Waals surface area contributed by atoms with Crippen LogP contribution in [0.5, 0.6) is 0 Å². The van der Waals surface area contributed by atoms with Crippen molar-refractivity contribution in [3.63, 3.8) is 0 Å². The van der Waals surface area contributed by atoms with Crippen LogP contribution in [-0.2, 0) is 6.54 Å². The number of halogens is 4. The Morgan fingerprint density at radius 1 is 1.00 bits per heavy atom. The van der Waals surface area contributed by atoms with Gasteiger partial charge in [-0.1, -0.05) is 46.9 Å². The maximum Gasteiger partial charge on any atom is 0.142 e. The van der Waals surface area contributed by atoms with Crippen LogP contribution < -0.4 is 5.32 Å². The average molecular weight is 333 g/mol. The summed E-state index contributed by atoms with van der Waals surface area (Å²) in [5, 5.41) is 4.48. The van der Waals surface area contributed by atoms with Gasteiger partial charge in [-0.3, -0.25) is 0 Å². The molecule has 0 aliphatic heterocycles. The lowest BCUT2D eigenvalue weighted by molar-refractivity contribution is 0.569. The number of hydrogen-bond acceptors (Lipinski definition) is 1. The molecule has 0 spiro atoms. The van der Waals surface area contributed by atoms with Gasteiger partial charge in [0.2, 0.25) is 0 Å². The molecule has 2 aromatic carbocycles. The highest BCUT2D eigenvalue weighted by Crippen LogP contribution is 2.25. The van der Waals surface area contributed by atoms with Crippen LogP contribution in [0.4, 0.5) is 4.39 Å². The van der Waals surface area contributed by atoms with Crippen LogP contribution in [0, 0.1) is 5.82 Å². The van der Waals surface area contributed by atoms with Gasteiger partial charge >= 0.3 is 0 Å². The summed E-state index contributed by atoms with van der Waals surface area (Å²) >= 11 is 17.5. The summed E-state index contributed by atoms with van der Waals surface area (Å²) < 4.78 is 13.3. The minimum atomic E-state index is -0.409. The van der Waals surface area contributed by atoms with Crippen molar-refractivity contribution < 1.29 is 4.39 Å². The Kier molecular flexibility index (Phi) is 5.28. The number of rotatable bonds is 4. The molecule has 1 N–H and O–H groups in total. The van der Waals surface area contributed by atoms with Crippen LogP contribution >= 0.6 is 34.8 Å². The van der Waals surface area contributed by atoms with E-state index in [0.717, 1.165) is 11.1 Å². The molecular weight excluding hydrogens is 320 g/mol. The van der Waals surface area contributed by atoms with Gasteiger partial charge in [0.1, 0.15) is 5.82 Å². The second kappa shape index (κ2) is 6.77. The highest BCUT2D eigenvalue weighted by Gasteiger charge is 2.08. The van der Waals surface area contributed by atoms with Gasteiger partial charge in [0.25, 0.3) is 0 Å². The Hall–Kier alpha value is -0.800. The minimum Gasteiger partial charge on any atom is -0.306 e. The third kappa shape index (κ3) is 3.86. The Morgan fingerprint density at radius 3 is 2.35 bits per heavy atom. The lowest BCUT2D eigenvalue weighted by atomic mass is 10.1. The van der Waals surface area contributed by atoms with Crippen LogP contribution in [-0.4, -0.2) is 0 Å². The summed E-state index contributed by atoms with van der Waals surface area (Å²) in [5.74, 6) is -0.409. The lowest BCUT2D eigenvalue weighted by Gasteiger charge is -2.15. The van der Waals surface area contributed by atoms with E-state index in [2.05, 4.69) is 5.32 Å². The van der Waals surface area contributed by atoms with Crippen molar-refractivity contribution >= 4 is 34.8 Å². The third-order valence-electron chi connectivity index (χ3n) is 3.04. The highest BCUT2D eigenvalue weighted by atomic mass is 35.5. The van der Waals surface area contributed by atoms with Crippen molar-refractivity contribution in [1.29, 1.82) is 0 Å². The SMILES string of the molecule is CC(NCc1ccc(Cl)c(F)c1)c1ccc(Cl)c(Cl)c1. The topological polar surface area (TPSA) is 12.0 Å². The smallest absolute Gasteiger partial charge is 0.142 e. The van der Waals surface area contributed by atoms with E-state index >= 15 is 0 Å². The predicted molar refractivity (Wildman–Crippen MR) is 83.1 cm³/mol. The van der Waals surface area contributed by atoms with Gasteiger partial charge in [0.15, 0.2) is 0 Å². The van der Waals surface area contributed by atoms with Gasteiger partial charge in [-0.15, -0.1) is 0 Å². The third-order valence-corrected chi connectivity index (χ3v) is 4.09. The molecule has 2 aromatic rings. The first kappa shape index (κ1) is 15.6. The van der Waals surface area contributed by atoms with Gasteiger partial charge in [0, 0.05) is 12.6 Å². The quantitative estimate of drug-likeness (QED) is 0.764. The molecule has 0 aliphatic rings. The van der Waals surface area contributed by atoms with Crippen LogP contribution in [0.3, 0.4) is 0 Å². The molecule has 0 radical (unpaired) electrons. The molecule has 0 amide bonds. The summed E-state index contributed by atoms with van der Waals surface area (Å²) in [5.41, 5.74) is 1.85. The monoisotopic (exact) mass is 331 g/mol. The van der Waals surface area contributed by atoms with Crippen molar-refractivity contribution in [2.75, 3.05) is 0 Å². The normalized spacial score (nSPS) is 12.4. The van der Waals surface area contributed by atoms with Gasteiger partial charge in [-0.05, 0) is 42.3 Å². The molecule has 0 aliphatic carbocycles. The van der Waals surface area contributed by atoms with Crippen molar-refractivity contribution in [2.45, 2.75) is 19.5 Å². The molecular formula is C15H13Cl3FN. The van der Waals surface area contributed by atoms with E-state index < -0.39 is 5.82 Å². The molecule has 5 heteroatoms. The molecule has 0 saturated heterocycles. The fourth-order valence-corrected chi connectivity index (χ4v) is 2.24. The molecule has 0 fully saturated rings. The Bertz CT molecular complexity index is 616. The summed E-state index contributed by atoms with van der Waals surface area (Å²) in [4.78, 5) is 0. The second-order valence-electron chi connectivity index (χ2n) is 4.52. The van der Waals surface area contributed by atoms with E-state index in [9.17, 15) is 4.39 Å². The lowest BCUT2D eigenvalue weighted by Crippen LogP contribution is -2.18. The first-order chi connectivity index (χ1) is 9.47. The van der Waals surface area contributed by atoms with Crippen LogP contribution in [0.2, 0.25) is 15.1 Å². The minimum absolute atomic E-state index is 0.0727. The summed E-state index contributed by atoms with van der Waals surface area (Å²) in [6.45, 7) is 2.54. The molecule has 20 heavy (non-hydrogen) atoms. The molecule has 0 heterocycles. The van der Waals surface area contributed by atoms with E-state index in [0.29, 0.717) is 16.6 Å². The molecule has 2 rings (SSSR count). The largest absolute Gasteiger partial charge is 0.306 e. The fraction of sp³-hybridized carbons (Fsp3) is 0.200. The molecule has 1 atom stereocenters. The van der Waals surface area contributed by atoms with E-state index in [1.54, 1.807) is 18.2 Å². The average Bonchev–Trinajstić information content (AvgIpc) is 2.43. The number of benzene rings is 2. The highest BCUT2D eigenvalue weighted by molar-refractivity contribution is 6.42. The van der Waals surface area contributed by atoms with Crippen molar-refractivity contribution in [1.82, 2.24) is 5.32 Å². The van der Waals surface area contributed by atoms with Crippen molar-refractivity contribution in [3.05, 3.63) is 68.4 Å². The van der Waals surface area contributed by atoms with E-state index in [-0.39, 0.29) is 11.1 Å². The second-order valence-corrected chi connectivity index (χ2v) is 5.75. The fourth-order valence-electron chi connectivity index (χ4n) is 1.82. The summed E-state index contributed by atoms with van der Waals surface area (Å²) in [7, 11) is 0. The maximum atomic E-state index is 13.3. The Labute approximate surface area is 132 Å². The van der Waals surface area contributed by atoms with Crippen molar-refractivity contribution in [3.8, 4) is 0 Å². The van der Waals surface area contributed by atoms with Crippen LogP contribution in [0.1, 0.15) is 24.1 Å². The standard InChI is InChI=1S/C15H13Cl3FN/c1-9(11-3-5-12(16)14(18)7-11)20-8-10-2-4-13(17)15(19)6-10/h2-7,9,20H,8H2,1H3. The number of hydrogen-bond donors (Lipinski definition) is 1. The van der Waals surface area contributed by atoms with Gasteiger partial charge in [-0.2, -0.15) is 0 Å². The first-order valence-electron chi connectivity index (χ1n) is 6.09. The Morgan fingerprint density at radius 2 is 1.70 bits per heavy atom. The number of nitrogens with one attached hydrogen (secondary N) is 1. The Balaban J connectivity index is 2.02. The molecule has 106 valence electrons. The van der Waals surface area contributed by atoms with Gasteiger partial charge in [-0.25, -0.2) is 4.39 Å². The maximum absolute atomic E-state index is 13.3. The summed E-state index contributed by atoms with van der Waals surface area (Å²) in [6.07, 6.45) is 0. The molecule has 0 bridgehead atoms. The summed E-state index contributed by atoms with van der Waals surface area (Å²) in [6, 6.07) is 10.3. The van der Waals surface area contributed by atoms with Crippen molar-refractivity contribution in [2.24, 2.45) is 0 Å². The predicted octanol–water partition coefficient (Wildman–Crippen LogP) is 5.64. The van der Waals surface area contributed by atoms with E-state index in [4.69, 9.17) is 34.8 Å². The van der Waals surface area contributed by atoms with Crippen LogP contribution in [0.25, 0.3) is 0 Å². The molecule has 1 nitrogen and oxygen atoms in total.